The van der Waals surface area contributed by atoms with Crippen molar-refractivity contribution in [3.63, 3.8) is 0 Å². The molecule has 0 aliphatic carbocycles. The van der Waals surface area contributed by atoms with Crippen molar-refractivity contribution in [3.8, 4) is 10.6 Å². The van der Waals surface area contributed by atoms with Crippen LogP contribution in [0.25, 0.3) is 10.6 Å². The van der Waals surface area contributed by atoms with E-state index in [1.54, 1.807) is 6.92 Å². The number of nitrogens with one attached hydrogen (secondary N) is 2. The zero-order valence-corrected chi connectivity index (χ0v) is 17.9. The van der Waals surface area contributed by atoms with Crippen molar-refractivity contribution in [1.29, 1.82) is 0 Å². The van der Waals surface area contributed by atoms with Gasteiger partial charge in [-0.05, 0) is 37.3 Å². The maximum atomic E-state index is 13.7. The van der Waals surface area contributed by atoms with E-state index in [1.807, 2.05) is 30.3 Å². The minimum atomic E-state index is -4.77. The van der Waals surface area contributed by atoms with Crippen molar-refractivity contribution in [2.45, 2.75) is 13.1 Å². The third-order valence-corrected chi connectivity index (χ3v) is 5.80. The van der Waals surface area contributed by atoms with E-state index in [0.29, 0.717) is 10.7 Å². The van der Waals surface area contributed by atoms with Gasteiger partial charge in [0.2, 0.25) is 0 Å². The molecule has 168 valence electrons. The SMILES string of the molecule is Cc1nc(-c2ccccc2)sc1C(=O)Nc1ccc(NC(=O)c2ccco2)cc1C(F)(F)F. The first kappa shape index (κ1) is 22.3. The monoisotopic (exact) mass is 471 g/mol. The van der Waals surface area contributed by atoms with Crippen molar-refractivity contribution >= 4 is 34.5 Å². The fourth-order valence-corrected chi connectivity index (χ4v) is 4.02. The number of halogens is 3. The maximum absolute atomic E-state index is 13.7. The molecular weight excluding hydrogens is 455 g/mol. The number of carbonyl (C=O) groups excluding carboxylic acids is 2. The topological polar surface area (TPSA) is 84.2 Å². The Kier molecular flexibility index (Phi) is 6.01. The lowest BCUT2D eigenvalue weighted by Gasteiger charge is -2.15. The molecule has 2 heterocycles. The first-order chi connectivity index (χ1) is 15.7. The Balaban J connectivity index is 1.59. The van der Waals surface area contributed by atoms with Gasteiger partial charge >= 0.3 is 6.18 Å². The van der Waals surface area contributed by atoms with Crippen LogP contribution in [0, 0.1) is 6.92 Å². The van der Waals surface area contributed by atoms with Gasteiger partial charge in [-0.25, -0.2) is 4.98 Å². The lowest BCUT2D eigenvalue weighted by atomic mass is 10.1. The van der Waals surface area contributed by atoms with E-state index in [-0.39, 0.29) is 16.3 Å². The van der Waals surface area contributed by atoms with Crippen molar-refractivity contribution in [2.24, 2.45) is 0 Å². The molecule has 0 aliphatic rings. The van der Waals surface area contributed by atoms with E-state index < -0.39 is 29.2 Å². The number of thiazole rings is 1. The predicted molar refractivity (Wildman–Crippen MR) is 118 cm³/mol. The third kappa shape index (κ3) is 4.96. The highest BCUT2D eigenvalue weighted by atomic mass is 32.1. The van der Waals surface area contributed by atoms with Gasteiger partial charge in [-0.15, -0.1) is 11.3 Å². The number of anilines is 2. The molecule has 0 radical (unpaired) electrons. The molecule has 0 unspecified atom stereocenters. The number of hydrogen-bond donors (Lipinski definition) is 2. The summed E-state index contributed by atoms with van der Waals surface area (Å²) < 4.78 is 46.1. The van der Waals surface area contributed by atoms with Crippen LogP contribution in [0.1, 0.15) is 31.5 Å². The van der Waals surface area contributed by atoms with Gasteiger partial charge in [-0.2, -0.15) is 13.2 Å². The Hall–Kier alpha value is -3.92. The second-order valence-electron chi connectivity index (χ2n) is 6.94. The van der Waals surface area contributed by atoms with E-state index >= 15 is 0 Å². The number of rotatable bonds is 5. The zero-order chi connectivity index (χ0) is 23.6. The highest BCUT2D eigenvalue weighted by Gasteiger charge is 2.35. The molecule has 0 atom stereocenters. The van der Waals surface area contributed by atoms with E-state index in [1.165, 1.54) is 24.5 Å². The average molecular weight is 471 g/mol. The molecular formula is C23H16F3N3O3S. The van der Waals surface area contributed by atoms with Crippen LogP contribution in [0.4, 0.5) is 24.5 Å². The molecule has 33 heavy (non-hydrogen) atoms. The number of furan rings is 1. The van der Waals surface area contributed by atoms with Gasteiger partial charge < -0.3 is 15.1 Å². The molecule has 0 saturated carbocycles. The lowest BCUT2D eigenvalue weighted by Crippen LogP contribution is -2.18. The number of nitrogens with zero attached hydrogens (tertiary/aromatic N) is 1. The molecule has 4 rings (SSSR count). The number of hydrogen-bond acceptors (Lipinski definition) is 5. The number of alkyl halides is 3. The van der Waals surface area contributed by atoms with Gasteiger partial charge in [0, 0.05) is 11.3 Å². The number of amides is 2. The second-order valence-corrected chi connectivity index (χ2v) is 7.94. The minimum Gasteiger partial charge on any atom is -0.459 e. The second kappa shape index (κ2) is 8.91. The Bertz CT molecular complexity index is 1300. The quantitative estimate of drug-likeness (QED) is 0.361. The normalized spacial score (nSPS) is 11.3. The molecule has 2 aromatic carbocycles. The highest BCUT2D eigenvalue weighted by Crippen LogP contribution is 2.37. The van der Waals surface area contributed by atoms with Crippen LogP contribution < -0.4 is 10.6 Å². The summed E-state index contributed by atoms with van der Waals surface area (Å²) in [5.41, 5.74) is -0.414. The first-order valence-corrected chi connectivity index (χ1v) is 10.4. The number of benzene rings is 2. The van der Waals surface area contributed by atoms with Crippen molar-refractivity contribution < 1.29 is 27.2 Å². The smallest absolute Gasteiger partial charge is 0.418 e. The molecule has 10 heteroatoms. The van der Waals surface area contributed by atoms with E-state index in [4.69, 9.17) is 4.42 Å². The van der Waals surface area contributed by atoms with Crippen LogP contribution in [0.3, 0.4) is 0 Å². The summed E-state index contributed by atoms with van der Waals surface area (Å²) in [5.74, 6) is -1.44. The summed E-state index contributed by atoms with van der Waals surface area (Å²) in [5, 5.41) is 5.26. The third-order valence-electron chi connectivity index (χ3n) is 4.60. The zero-order valence-electron chi connectivity index (χ0n) is 17.1. The molecule has 2 N–H and O–H groups in total. The van der Waals surface area contributed by atoms with E-state index in [0.717, 1.165) is 29.0 Å². The first-order valence-electron chi connectivity index (χ1n) is 9.62. The molecule has 0 spiro atoms. The summed E-state index contributed by atoms with van der Waals surface area (Å²) in [6.45, 7) is 1.62. The summed E-state index contributed by atoms with van der Waals surface area (Å²) in [4.78, 5) is 29.4. The average Bonchev–Trinajstić information content (AvgIpc) is 3.45. The van der Waals surface area contributed by atoms with Crippen LogP contribution in [-0.4, -0.2) is 16.8 Å². The van der Waals surface area contributed by atoms with Crippen molar-refractivity contribution in [1.82, 2.24) is 4.98 Å². The molecule has 0 saturated heterocycles. The van der Waals surface area contributed by atoms with Crippen molar-refractivity contribution in [3.05, 3.63) is 88.8 Å². The summed E-state index contributed by atoms with van der Waals surface area (Å²) in [6.07, 6.45) is -3.49. The van der Waals surface area contributed by atoms with Gasteiger partial charge in [-0.1, -0.05) is 30.3 Å². The molecule has 2 aromatic heterocycles. The minimum absolute atomic E-state index is 0.0455. The van der Waals surface area contributed by atoms with Crippen LogP contribution in [0.5, 0.6) is 0 Å². The fourth-order valence-electron chi connectivity index (χ4n) is 3.06. The van der Waals surface area contributed by atoms with Crippen LogP contribution in [0.15, 0.2) is 71.3 Å². The Morgan fingerprint density at radius 3 is 2.39 bits per heavy atom. The summed E-state index contributed by atoms with van der Waals surface area (Å²) >= 11 is 1.09. The van der Waals surface area contributed by atoms with Gasteiger partial charge in [0.05, 0.1) is 23.2 Å². The molecule has 0 fully saturated rings. The van der Waals surface area contributed by atoms with Gasteiger partial charge in [0.15, 0.2) is 5.76 Å². The van der Waals surface area contributed by atoms with Crippen LogP contribution >= 0.6 is 11.3 Å². The Morgan fingerprint density at radius 1 is 0.970 bits per heavy atom. The van der Waals surface area contributed by atoms with Crippen LogP contribution in [-0.2, 0) is 6.18 Å². The Morgan fingerprint density at radius 2 is 1.73 bits per heavy atom. The summed E-state index contributed by atoms with van der Waals surface area (Å²) in [6, 6.07) is 15.1. The van der Waals surface area contributed by atoms with Crippen LogP contribution in [0.2, 0.25) is 0 Å². The summed E-state index contributed by atoms with van der Waals surface area (Å²) in [7, 11) is 0. The van der Waals surface area contributed by atoms with Gasteiger partial charge in [0.1, 0.15) is 9.88 Å². The maximum Gasteiger partial charge on any atom is 0.418 e. The highest BCUT2D eigenvalue weighted by molar-refractivity contribution is 7.17. The standard InChI is InChI=1S/C23H16F3N3O3S/c1-13-19(33-22(27-13)14-6-3-2-4-7-14)21(31)29-17-10-9-15(12-16(17)23(24,25)26)28-20(30)18-8-5-11-32-18/h2-12H,1H3,(H,28,30)(H,29,31). The number of carbonyl (C=O) groups is 2. The number of aryl methyl sites for hydroxylation is 1. The lowest BCUT2D eigenvalue weighted by molar-refractivity contribution is -0.136. The van der Waals surface area contributed by atoms with E-state index in [2.05, 4.69) is 15.6 Å². The fraction of sp³-hybridized carbons (Fsp3) is 0.0870. The Labute approximate surface area is 190 Å². The van der Waals surface area contributed by atoms with Gasteiger partial charge in [-0.3, -0.25) is 9.59 Å². The number of aromatic nitrogens is 1. The largest absolute Gasteiger partial charge is 0.459 e. The van der Waals surface area contributed by atoms with Crippen molar-refractivity contribution in [2.75, 3.05) is 10.6 Å². The predicted octanol–water partition coefficient (Wildman–Crippen LogP) is 6.23. The van der Waals surface area contributed by atoms with Gasteiger partial charge in [0.25, 0.3) is 11.8 Å². The molecule has 2 amide bonds. The molecule has 4 aromatic rings. The molecule has 0 bridgehead atoms. The molecule has 0 aliphatic heterocycles. The van der Waals surface area contributed by atoms with E-state index in [9.17, 15) is 22.8 Å². The molecule has 6 nitrogen and oxygen atoms in total.